The van der Waals surface area contributed by atoms with E-state index < -0.39 is 0 Å². The van der Waals surface area contributed by atoms with Crippen molar-refractivity contribution in [2.24, 2.45) is 7.05 Å². The molecule has 0 atom stereocenters. The molecule has 3 rings (SSSR count). The van der Waals surface area contributed by atoms with Gasteiger partial charge >= 0.3 is 0 Å². The van der Waals surface area contributed by atoms with Crippen LogP contribution in [-0.2, 0) is 7.05 Å². The van der Waals surface area contributed by atoms with E-state index in [-0.39, 0.29) is 0 Å². The van der Waals surface area contributed by atoms with Crippen LogP contribution in [0.15, 0.2) is 12.4 Å². The van der Waals surface area contributed by atoms with Gasteiger partial charge in [-0.15, -0.1) is 0 Å². The smallest absolute Gasteiger partial charge is 0.161 e. The average molecular weight is 174 g/mol. The van der Waals surface area contributed by atoms with Crippen LogP contribution in [0.3, 0.4) is 0 Å². The van der Waals surface area contributed by atoms with Gasteiger partial charge in [0.15, 0.2) is 5.65 Å². The average Bonchev–Trinajstić information content (AvgIpc) is 2.93. The Labute approximate surface area is 75.6 Å². The molecule has 0 bridgehead atoms. The topological polar surface area (TPSA) is 43.6 Å². The SMILES string of the molecule is Cn1ncc2cnc(C3CC3)nc21. The van der Waals surface area contributed by atoms with Crippen LogP contribution in [0.5, 0.6) is 0 Å². The molecule has 13 heavy (non-hydrogen) atoms. The van der Waals surface area contributed by atoms with E-state index in [0.717, 1.165) is 16.9 Å². The molecule has 66 valence electrons. The zero-order chi connectivity index (χ0) is 8.84. The molecule has 4 nitrogen and oxygen atoms in total. The highest BCUT2D eigenvalue weighted by molar-refractivity contribution is 5.73. The Balaban J connectivity index is 2.24. The second-order valence-electron chi connectivity index (χ2n) is 3.55. The minimum absolute atomic E-state index is 0.610. The number of nitrogens with zero attached hydrogens (tertiary/aromatic N) is 4. The van der Waals surface area contributed by atoms with Gasteiger partial charge in [0.1, 0.15) is 5.82 Å². The van der Waals surface area contributed by atoms with Crippen LogP contribution in [0.25, 0.3) is 11.0 Å². The molecule has 0 unspecified atom stereocenters. The van der Waals surface area contributed by atoms with Gasteiger partial charge in [0, 0.05) is 19.2 Å². The molecule has 4 heteroatoms. The predicted octanol–water partition coefficient (Wildman–Crippen LogP) is 1.24. The first kappa shape index (κ1) is 7.00. The first-order chi connectivity index (χ1) is 6.34. The van der Waals surface area contributed by atoms with Crippen LogP contribution in [0, 0.1) is 0 Å². The maximum Gasteiger partial charge on any atom is 0.161 e. The van der Waals surface area contributed by atoms with Crippen molar-refractivity contribution in [3.8, 4) is 0 Å². The summed E-state index contributed by atoms with van der Waals surface area (Å²) < 4.78 is 1.79. The maximum atomic E-state index is 4.49. The minimum atomic E-state index is 0.610. The second-order valence-corrected chi connectivity index (χ2v) is 3.55. The third kappa shape index (κ3) is 1.02. The molecule has 2 aromatic heterocycles. The van der Waals surface area contributed by atoms with E-state index in [1.807, 2.05) is 13.2 Å². The van der Waals surface area contributed by atoms with Gasteiger partial charge in [-0.05, 0) is 12.8 Å². The predicted molar refractivity (Wildman–Crippen MR) is 48.3 cm³/mol. The lowest BCUT2D eigenvalue weighted by atomic mass is 10.3. The van der Waals surface area contributed by atoms with Crippen molar-refractivity contribution in [3.05, 3.63) is 18.2 Å². The van der Waals surface area contributed by atoms with Gasteiger partial charge in [0.2, 0.25) is 0 Å². The summed E-state index contributed by atoms with van der Waals surface area (Å²) >= 11 is 0. The van der Waals surface area contributed by atoms with Crippen molar-refractivity contribution in [1.82, 2.24) is 19.7 Å². The number of hydrogen-bond donors (Lipinski definition) is 0. The zero-order valence-corrected chi connectivity index (χ0v) is 7.44. The third-order valence-electron chi connectivity index (χ3n) is 2.43. The van der Waals surface area contributed by atoms with Crippen LogP contribution in [-0.4, -0.2) is 19.7 Å². The summed E-state index contributed by atoms with van der Waals surface area (Å²) in [5.41, 5.74) is 0.942. The Hall–Kier alpha value is -1.45. The monoisotopic (exact) mass is 174 g/mol. The molecule has 1 aliphatic rings. The fraction of sp³-hybridized carbons (Fsp3) is 0.444. The molecule has 0 N–H and O–H groups in total. The first-order valence-electron chi connectivity index (χ1n) is 4.49. The van der Waals surface area contributed by atoms with E-state index >= 15 is 0 Å². The second kappa shape index (κ2) is 2.28. The van der Waals surface area contributed by atoms with Crippen LogP contribution in [0.2, 0.25) is 0 Å². The number of rotatable bonds is 1. The first-order valence-corrected chi connectivity index (χ1v) is 4.49. The number of hydrogen-bond acceptors (Lipinski definition) is 3. The lowest BCUT2D eigenvalue weighted by molar-refractivity contribution is 0.779. The van der Waals surface area contributed by atoms with Crippen molar-refractivity contribution in [1.29, 1.82) is 0 Å². The molecule has 0 saturated heterocycles. The van der Waals surface area contributed by atoms with Crippen molar-refractivity contribution in [3.63, 3.8) is 0 Å². The molecule has 0 spiro atoms. The summed E-state index contributed by atoms with van der Waals surface area (Å²) in [5, 5.41) is 5.15. The van der Waals surface area contributed by atoms with Crippen molar-refractivity contribution >= 4 is 11.0 Å². The molecule has 1 saturated carbocycles. The highest BCUT2D eigenvalue weighted by Crippen LogP contribution is 2.38. The third-order valence-corrected chi connectivity index (χ3v) is 2.43. The van der Waals surface area contributed by atoms with E-state index in [2.05, 4.69) is 15.1 Å². The minimum Gasteiger partial charge on any atom is -0.250 e. The van der Waals surface area contributed by atoms with Crippen molar-refractivity contribution < 1.29 is 0 Å². The van der Waals surface area contributed by atoms with Crippen LogP contribution < -0.4 is 0 Å². The molecule has 2 heterocycles. The highest BCUT2D eigenvalue weighted by Gasteiger charge is 2.26. The largest absolute Gasteiger partial charge is 0.250 e. The van der Waals surface area contributed by atoms with E-state index in [0.29, 0.717) is 5.92 Å². The molecule has 1 fully saturated rings. The Morgan fingerprint density at radius 3 is 3.00 bits per heavy atom. The van der Waals surface area contributed by atoms with E-state index in [9.17, 15) is 0 Å². The summed E-state index contributed by atoms with van der Waals surface area (Å²) in [6, 6.07) is 0. The van der Waals surface area contributed by atoms with E-state index in [4.69, 9.17) is 0 Å². The molecule has 0 aromatic carbocycles. The Morgan fingerprint density at radius 2 is 2.23 bits per heavy atom. The van der Waals surface area contributed by atoms with E-state index in [1.165, 1.54) is 12.8 Å². The standard InChI is InChI=1S/C9H10N4/c1-13-9-7(5-11-13)4-10-8(12-9)6-2-3-6/h4-6H,2-3H2,1H3. The van der Waals surface area contributed by atoms with Gasteiger partial charge < -0.3 is 0 Å². The molecule has 1 aliphatic carbocycles. The molecule has 2 aromatic rings. The molecular formula is C9H10N4. The summed E-state index contributed by atoms with van der Waals surface area (Å²) in [7, 11) is 1.91. The van der Waals surface area contributed by atoms with Crippen LogP contribution in [0.1, 0.15) is 24.6 Å². The summed E-state index contributed by atoms with van der Waals surface area (Å²) in [6.07, 6.45) is 6.14. The van der Waals surface area contributed by atoms with E-state index in [1.54, 1.807) is 10.9 Å². The molecule has 0 aliphatic heterocycles. The molecule has 0 radical (unpaired) electrons. The van der Waals surface area contributed by atoms with Crippen molar-refractivity contribution in [2.75, 3.05) is 0 Å². The fourth-order valence-electron chi connectivity index (χ4n) is 1.49. The van der Waals surface area contributed by atoms with Gasteiger partial charge in [-0.3, -0.25) is 4.68 Å². The lowest BCUT2D eigenvalue weighted by Gasteiger charge is -1.96. The van der Waals surface area contributed by atoms with Crippen LogP contribution >= 0.6 is 0 Å². The summed E-state index contributed by atoms with van der Waals surface area (Å²) in [6.45, 7) is 0. The molecule has 0 amide bonds. The summed E-state index contributed by atoms with van der Waals surface area (Å²) in [4.78, 5) is 8.80. The normalized spacial score (nSPS) is 16.7. The zero-order valence-electron chi connectivity index (χ0n) is 7.44. The lowest BCUT2D eigenvalue weighted by Crippen LogP contribution is -1.96. The highest BCUT2D eigenvalue weighted by atomic mass is 15.3. The van der Waals surface area contributed by atoms with Crippen LogP contribution in [0.4, 0.5) is 0 Å². The number of aryl methyl sites for hydroxylation is 1. The van der Waals surface area contributed by atoms with Gasteiger partial charge in [0.05, 0.1) is 11.6 Å². The maximum absolute atomic E-state index is 4.49. The number of fused-ring (bicyclic) bond motifs is 1. The number of aromatic nitrogens is 4. The van der Waals surface area contributed by atoms with Gasteiger partial charge in [-0.25, -0.2) is 9.97 Å². The Morgan fingerprint density at radius 1 is 1.38 bits per heavy atom. The summed E-state index contributed by atoms with van der Waals surface area (Å²) in [5.74, 6) is 1.59. The molecular weight excluding hydrogens is 164 g/mol. The Kier molecular flexibility index (Phi) is 1.23. The van der Waals surface area contributed by atoms with Gasteiger partial charge in [0.25, 0.3) is 0 Å². The fourth-order valence-corrected chi connectivity index (χ4v) is 1.49. The van der Waals surface area contributed by atoms with Gasteiger partial charge in [-0.1, -0.05) is 0 Å². The quantitative estimate of drug-likeness (QED) is 0.653. The van der Waals surface area contributed by atoms with Gasteiger partial charge in [-0.2, -0.15) is 5.10 Å². The van der Waals surface area contributed by atoms with Crippen molar-refractivity contribution in [2.45, 2.75) is 18.8 Å². The Bertz CT molecular complexity index is 456.